The SMILES string of the molecule is COC(=O)C[C@@H](c1oc2ccccc2c(=O)c1O)c1coc2ccc(OC)cc2c1=O. The van der Waals surface area contributed by atoms with E-state index < -0.39 is 28.5 Å². The Morgan fingerprint density at radius 3 is 2.55 bits per heavy atom. The Kier molecular flexibility index (Phi) is 5.21. The highest BCUT2D eigenvalue weighted by atomic mass is 16.5. The molecule has 0 unspecified atom stereocenters. The number of para-hydroxylation sites is 1. The van der Waals surface area contributed by atoms with Crippen molar-refractivity contribution >= 4 is 27.9 Å². The molecule has 2 aromatic carbocycles. The summed E-state index contributed by atoms with van der Waals surface area (Å²) in [4.78, 5) is 38.1. The highest BCUT2D eigenvalue weighted by Gasteiger charge is 2.30. The van der Waals surface area contributed by atoms with Crippen LogP contribution in [0.3, 0.4) is 0 Å². The monoisotopic (exact) mass is 422 g/mol. The van der Waals surface area contributed by atoms with Crippen LogP contribution in [0.5, 0.6) is 11.5 Å². The summed E-state index contributed by atoms with van der Waals surface area (Å²) in [6.07, 6.45) is 0.838. The molecule has 1 atom stereocenters. The van der Waals surface area contributed by atoms with Gasteiger partial charge < -0.3 is 23.4 Å². The largest absolute Gasteiger partial charge is 0.502 e. The third-order valence-electron chi connectivity index (χ3n) is 5.10. The highest BCUT2D eigenvalue weighted by Crippen LogP contribution is 2.34. The van der Waals surface area contributed by atoms with Crippen molar-refractivity contribution < 1.29 is 28.2 Å². The zero-order chi connectivity index (χ0) is 22.1. The van der Waals surface area contributed by atoms with Gasteiger partial charge in [0.05, 0.1) is 43.6 Å². The number of ether oxygens (including phenoxy) is 2. The molecular weight excluding hydrogens is 404 g/mol. The van der Waals surface area contributed by atoms with Gasteiger partial charge >= 0.3 is 5.97 Å². The number of hydrogen-bond donors (Lipinski definition) is 1. The molecule has 31 heavy (non-hydrogen) atoms. The quantitative estimate of drug-likeness (QED) is 0.487. The minimum Gasteiger partial charge on any atom is -0.502 e. The summed E-state index contributed by atoms with van der Waals surface area (Å²) in [5, 5.41) is 11.0. The predicted molar refractivity (Wildman–Crippen MR) is 112 cm³/mol. The molecule has 0 fully saturated rings. The molecule has 1 N–H and O–H groups in total. The van der Waals surface area contributed by atoms with Crippen molar-refractivity contribution in [2.45, 2.75) is 12.3 Å². The number of esters is 1. The fourth-order valence-electron chi connectivity index (χ4n) is 3.47. The van der Waals surface area contributed by atoms with E-state index in [1.165, 1.54) is 32.6 Å². The van der Waals surface area contributed by atoms with E-state index in [1.54, 1.807) is 30.3 Å². The number of hydrogen-bond acceptors (Lipinski definition) is 8. The fourth-order valence-corrected chi connectivity index (χ4v) is 3.47. The molecule has 4 rings (SSSR count). The van der Waals surface area contributed by atoms with E-state index in [0.29, 0.717) is 11.3 Å². The van der Waals surface area contributed by atoms with Crippen LogP contribution in [0, 0.1) is 0 Å². The van der Waals surface area contributed by atoms with E-state index in [9.17, 15) is 19.5 Å². The standard InChI is InChI=1S/C23H18O8/c1-28-12-7-8-17-15(9-12)20(25)16(11-30-17)14(10-19(24)29-2)23-22(27)21(26)13-5-3-4-6-18(13)31-23/h3-9,11,14,27H,10H2,1-2H3/t14-/m1/s1. The summed E-state index contributed by atoms with van der Waals surface area (Å²) < 4.78 is 21.3. The highest BCUT2D eigenvalue weighted by molar-refractivity contribution is 5.80. The van der Waals surface area contributed by atoms with Gasteiger partial charge in [-0.1, -0.05) is 12.1 Å². The van der Waals surface area contributed by atoms with Crippen molar-refractivity contribution in [3.63, 3.8) is 0 Å². The zero-order valence-electron chi connectivity index (χ0n) is 16.7. The molecule has 0 saturated carbocycles. The van der Waals surface area contributed by atoms with Crippen molar-refractivity contribution in [1.82, 2.24) is 0 Å². The van der Waals surface area contributed by atoms with Crippen LogP contribution in [0.4, 0.5) is 0 Å². The summed E-state index contributed by atoms with van der Waals surface area (Å²) >= 11 is 0. The topological polar surface area (TPSA) is 116 Å². The van der Waals surface area contributed by atoms with E-state index >= 15 is 0 Å². The Hall–Kier alpha value is -4.07. The number of methoxy groups -OCH3 is 2. The zero-order valence-corrected chi connectivity index (χ0v) is 16.7. The van der Waals surface area contributed by atoms with Crippen LogP contribution in [0.15, 0.2) is 67.2 Å². The minimum atomic E-state index is -1.11. The summed E-state index contributed by atoms with van der Waals surface area (Å²) in [5.74, 6) is -2.23. The van der Waals surface area contributed by atoms with Crippen LogP contribution < -0.4 is 15.6 Å². The third kappa shape index (κ3) is 3.52. The first-order chi connectivity index (χ1) is 14.9. The number of fused-ring (bicyclic) bond motifs is 2. The summed E-state index contributed by atoms with van der Waals surface area (Å²) in [6.45, 7) is 0. The van der Waals surface area contributed by atoms with Gasteiger partial charge in [0.15, 0.2) is 11.2 Å². The molecule has 158 valence electrons. The van der Waals surface area contributed by atoms with Gasteiger partial charge in [-0.3, -0.25) is 14.4 Å². The van der Waals surface area contributed by atoms with Gasteiger partial charge in [-0.05, 0) is 30.3 Å². The maximum absolute atomic E-state index is 13.3. The molecule has 0 aliphatic rings. The lowest BCUT2D eigenvalue weighted by molar-refractivity contribution is -0.140. The second-order valence-corrected chi connectivity index (χ2v) is 6.86. The van der Waals surface area contributed by atoms with Crippen LogP contribution in [0.25, 0.3) is 21.9 Å². The summed E-state index contributed by atoms with van der Waals surface area (Å²) in [7, 11) is 2.66. The minimum absolute atomic E-state index is 0.0277. The molecule has 8 nitrogen and oxygen atoms in total. The first-order valence-electron chi connectivity index (χ1n) is 9.35. The van der Waals surface area contributed by atoms with Gasteiger partial charge in [0.25, 0.3) is 0 Å². The Morgan fingerprint density at radius 2 is 1.81 bits per heavy atom. The molecule has 0 spiro atoms. The van der Waals surface area contributed by atoms with Crippen molar-refractivity contribution in [2.75, 3.05) is 14.2 Å². The van der Waals surface area contributed by atoms with Crippen LogP contribution >= 0.6 is 0 Å². The maximum Gasteiger partial charge on any atom is 0.306 e. The molecule has 0 aliphatic carbocycles. The Balaban J connectivity index is 1.99. The van der Waals surface area contributed by atoms with Crippen LogP contribution in [0.2, 0.25) is 0 Å². The molecule has 0 saturated heterocycles. The van der Waals surface area contributed by atoms with Gasteiger partial charge in [0.1, 0.15) is 16.9 Å². The number of carbonyl (C=O) groups excluding carboxylic acids is 1. The Bertz CT molecular complexity index is 1410. The molecule has 8 heteroatoms. The molecule has 4 aromatic rings. The molecule has 2 heterocycles. The van der Waals surface area contributed by atoms with Gasteiger partial charge in [0.2, 0.25) is 11.2 Å². The normalized spacial score (nSPS) is 12.1. The van der Waals surface area contributed by atoms with E-state index in [0.717, 1.165) is 0 Å². The van der Waals surface area contributed by atoms with E-state index in [-0.39, 0.29) is 34.1 Å². The fraction of sp³-hybridized carbons (Fsp3) is 0.174. The van der Waals surface area contributed by atoms with Crippen LogP contribution in [-0.2, 0) is 9.53 Å². The third-order valence-corrected chi connectivity index (χ3v) is 5.10. The second kappa shape index (κ2) is 7.98. The van der Waals surface area contributed by atoms with Gasteiger partial charge in [-0.15, -0.1) is 0 Å². The second-order valence-electron chi connectivity index (χ2n) is 6.86. The lowest BCUT2D eigenvalue weighted by Gasteiger charge is -2.16. The molecule has 0 bridgehead atoms. The van der Waals surface area contributed by atoms with Crippen LogP contribution in [0.1, 0.15) is 23.7 Å². The Labute approximate surface area is 175 Å². The van der Waals surface area contributed by atoms with Gasteiger partial charge in [0, 0.05) is 5.56 Å². The first-order valence-corrected chi connectivity index (χ1v) is 9.35. The lowest BCUT2D eigenvalue weighted by atomic mass is 9.92. The van der Waals surface area contributed by atoms with Crippen molar-refractivity contribution in [1.29, 1.82) is 0 Å². The van der Waals surface area contributed by atoms with E-state index in [1.807, 2.05) is 0 Å². The average Bonchev–Trinajstić information content (AvgIpc) is 2.80. The van der Waals surface area contributed by atoms with Gasteiger partial charge in [-0.2, -0.15) is 0 Å². The van der Waals surface area contributed by atoms with Gasteiger partial charge in [-0.25, -0.2) is 0 Å². The van der Waals surface area contributed by atoms with Crippen molar-refractivity contribution in [3.05, 3.63) is 80.5 Å². The molecule has 0 aliphatic heterocycles. The van der Waals surface area contributed by atoms with Crippen molar-refractivity contribution in [3.8, 4) is 11.5 Å². The molecular formula is C23H18O8. The first kappa shape index (κ1) is 20.2. The average molecular weight is 422 g/mol. The summed E-state index contributed by atoms with van der Waals surface area (Å²) in [6, 6.07) is 11.1. The number of aromatic hydroxyl groups is 1. The number of carbonyl (C=O) groups is 1. The van der Waals surface area contributed by atoms with E-state index in [2.05, 4.69) is 0 Å². The van der Waals surface area contributed by atoms with E-state index in [4.69, 9.17) is 18.3 Å². The number of rotatable bonds is 5. The maximum atomic E-state index is 13.3. The smallest absolute Gasteiger partial charge is 0.306 e. The number of benzene rings is 2. The Morgan fingerprint density at radius 1 is 1.03 bits per heavy atom. The molecule has 2 aromatic heterocycles. The summed E-state index contributed by atoms with van der Waals surface area (Å²) in [5.41, 5.74) is -0.569. The molecule has 0 radical (unpaired) electrons. The lowest BCUT2D eigenvalue weighted by Crippen LogP contribution is -2.19. The van der Waals surface area contributed by atoms with Crippen molar-refractivity contribution in [2.24, 2.45) is 0 Å². The molecule has 0 amide bonds. The van der Waals surface area contributed by atoms with Crippen LogP contribution in [-0.4, -0.2) is 25.3 Å². The predicted octanol–water partition coefficient (Wildman–Crippen LogP) is 3.31.